The van der Waals surface area contributed by atoms with Crippen molar-refractivity contribution in [1.29, 1.82) is 0 Å². The standard InChI is InChI=1S/C13H17NO4S/c1-2-7-14-9-11-6-4-3-5-10(11)8-12(14)13(15)18-19(16)17/h3-6,12H,2,7-9H2,1H3,(H,16,17)/p-1. The maximum atomic E-state index is 11.8. The number of hydrogen-bond acceptors (Lipinski definition) is 5. The molecule has 0 saturated carbocycles. The second kappa shape index (κ2) is 6.27. The summed E-state index contributed by atoms with van der Waals surface area (Å²) in [7, 11) is 0. The zero-order valence-electron chi connectivity index (χ0n) is 10.7. The molecule has 1 aromatic carbocycles. The molecule has 1 aliphatic rings. The summed E-state index contributed by atoms with van der Waals surface area (Å²) in [5.41, 5.74) is 2.26. The van der Waals surface area contributed by atoms with Gasteiger partial charge in [-0.2, -0.15) is 0 Å². The number of rotatable bonds is 4. The number of hydrogen-bond donors (Lipinski definition) is 0. The number of benzene rings is 1. The first kappa shape index (κ1) is 14.2. The minimum absolute atomic E-state index is 0.492. The van der Waals surface area contributed by atoms with Crippen molar-refractivity contribution >= 4 is 17.3 Å². The molecular weight excluding hydrogens is 266 g/mol. The summed E-state index contributed by atoms with van der Waals surface area (Å²) in [5.74, 6) is -0.698. The summed E-state index contributed by atoms with van der Waals surface area (Å²) in [4.78, 5) is 13.8. The fraction of sp³-hybridized carbons (Fsp3) is 0.462. The maximum Gasteiger partial charge on any atom is 0.336 e. The Labute approximate surface area is 115 Å². The highest BCUT2D eigenvalue weighted by atomic mass is 32.2. The average Bonchev–Trinajstić information content (AvgIpc) is 2.37. The van der Waals surface area contributed by atoms with Crippen molar-refractivity contribution in [3.63, 3.8) is 0 Å². The third-order valence-electron chi connectivity index (χ3n) is 3.28. The Morgan fingerprint density at radius 1 is 1.47 bits per heavy atom. The van der Waals surface area contributed by atoms with Crippen molar-refractivity contribution in [3.8, 4) is 0 Å². The molecule has 0 saturated heterocycles. The van der Waals surface area contributed by atoms with Crippen molar-refractivity contribution < 1.29 is 17.7 Å². The molecule has 0 amide bonds. The van der Waals surface area contributed by atoms with Gasteiger partial charge in [0.2, 0.25) is 0 Å². The quantitative estimate of drug-likeness (QED) is 0.775. The molecule has 1 heterocycles. The molecule has 0 aromatic heterocycles. The summed E-state index contributed by atoms with van der Waals surface area (Å²) in [6.07, 6.45) is 1.39. The Hall–Kier alpha value is -1.24. The monoisotopic (exact) mass is 282 g/mol. The first-order valence-corrected chi connectivity index (χ1v) is 7.24. The lowest BCUT2D eigenvalue weighted by atomic mass is 9.94. The molecule has 104 valence electrons. The van der Waals surface area contributed by atoms with Crippen LogP contribution < -0.4 is 0 Å². The summed E-state index contributed by atoms with van der Waals surface area (Å²) < 4.78 is 25.3. The first-order chi connectivity index (χ1) is 9.11. The van der Waals surface area contributed by atoms with Crippen LogP contribution in [0.15, 0.2) is 24.3 Å². The molecular formula is C13H16NO4S-. The van der Waals surface area contributed by atoms with Crippen molar-refractivity contribution in [2.24, 2.45) is 0 Å². The summed E-state index contributed by atoms with van der Waals surface area (Å²) >= 11 is -2.80. The second-order valence-corrected chi connectivity index (χ2v) is 5.14. The third-order valence-corrected chi connectivity index (χ3v) is 3.58. The van der Waals surface area contributed by atoms with E-state index >= 15 is 0 Å². The van der Waals surface area contributed by atoms with Crippen LogP contribution in [0.5, 0.6) is 0 Å². The first-order valence-electron chi connectivity index (χ1n) is 6.24. The molecule has 19 heavy (non-hydrogen) atoms. The van der Waals surface area contributed by atoms with Gasteiger partial charge in [0.15, 0.2) is 0 Å². The molecule has 2 atom stereocenters. The molecule has 5 nitrogen and oxygen atoms in total. The third kappa shape index (κ3) is 3.40. The van der Waals surface area contributed by atoms with Gasteiger partial charge in [0.1, 0.15) is 17.4 Å². The van der Waals surface area contributed by atoms with E-state index in [4.69, 9.17) is 0 Å². The Morgan fingerprint density at radius 2 is 2.16 bits per heavy atom. The number of nitrogens with zero attached hydrogens (tertiary/aromatic N) is 1. The molecule has 0 spiro atoms. The predicted molar refractivity (Wildman–Crippen MR) is 69.6 cm³/mol. The van der Waals surface area contributed by atoms with Crippen molar-refractivity contribution in [2.45, 2.75) is 32.4 Å². The minimum atomic E-state index is -2.80. The molecule has 2 rings (SSSR count). The normalized spacial score (nSPS) is 20.6. The number of carbonyl (C=O) groups is 1. The Morgan fingerprint density at radius 3 is 2.79 bits per heavy atom. The molecule has 0 N–H and O–H groups in total. The van der Waals surface area contributed by atoms with Crippen molar-refractivity contribution in [1.82, 2.24) is 4.90 Å². The highest BCUT2D eigenvalue weighted by Gasteiger charge is 2.32. The highest BCUT2D eigenvalue weighted by molar-refractivity contribution is 7.74. The smallest absolute Gasteiger partial charge is 0.336 e. The van der Waals surface area contributed by atoms with Gasteiger partial charge in [-0.1, -0.05) is 31.2 Å². The number of carbonyl (C=O) groups excluding carboxylic acids is 1. The Kier molecular flexibility index (Phi) is 4.68. The van der Waals surface area contributed by atoms with Crippen LogP contribution in [0.2, 0.25) is 0 Å². The van der Waals surface area contributed by atoms with Gasteiger partial charge in [0, 0.05) is 6.54 Å². The fourth-order valence-corrected chi connectivity index (χ4v) is 2.70. The van der Waals surface area contributed by atoms with E-state index in [-0.39, 0.29) is 0 Å². The molecule has 1 aliphatic heterocycles. The van der Waals surface area contributed by atoms with Crippen LogP contribution in [0.25, 0.3) is 0 Å². The van der Waals surface area contributed by atoms with Gasteiger partial charge in [0.05, 0.1) is 0 Å². The lowest BCUT2D eigenvalue weighted by molar-refractivity contribution is -0.140. The van der Waals surface area contributed by atoms with E-state index in [0.29, 0.717) is 13.0 Å². The van der Waals surface area contributed by atoms with Crippen LogP contribution in [0.3, 0.4) is 0 Å². The Balaban J connectivity index is 2.21. The van der Waals surface area contributed by atoms with Crippen LogP contribution in [0.1, 0.15) is 24.5 Å². The van der Waals surface area contributed by atoms with Crippen LogP contribution in [-0.4, -0.2) is 32.2 Å². The number of fused-ring (bicyclic) bond motifs is 1. The van der Waals surface area contributed by atoms with Gasteiger partial charge < -0.3 is 8.74 Å². The van der Waals surface area contributed by atoms with Crippen molar-refractivity contribution in [3.05, 3.63) is 35.4 Å². The topological polar surface area (TPSA) is 69.7 Å². The van der Waals surface area contributed by atoms with E-state index in [9.17, 15) is 13.6 Å². The molecule has 2 unspecified atom stereocenters. The van der Waals surface area contributed by atoms with Gasteiger partial charge in [-0.25, -0.2) is 9.00 Å². The van der Waals surface area contributed by atoms with Crippen LogP contribution in [-0.2, 0) is 33.3 Å². The van der Waals surface area contributed by atoms with E-state index in [1.165, 1.54) is 5.56 Å². The van der Waals surface area contributed by atoms with Crippen molar-refractivity contribution in [2.75, 3.05) is 6.54 Å². The fourth-order valence-electron chi connectivity index (χ4n) is 2.45. The molecule has 0 radical (unpaired) electrons. The molecule has 1 aromatic rings. The lowest BCUT2D eigenvalue weighted by Gasteiger charge is -2.35. The lowest BCUT2D eigenvalue weighted by Crippen LogP contribution is -2.46. The molecule has 0 bridgehead atoms. The molecule has 0 aliphatic carbocycles. The predicted octanol–water partition coefficient (Wildman–Crippen LogP) is 1.16. The SMILES string of the molecule is CCCN1Cc2ccccc2CC1C(=O)OS(=O)[O-]. The Bertz CT molecular complexity index is 491. The van der Waals surface area contributed by atoms with Gasteiger partial charge in [-0.3, -0.25) is 4.90 Å². The largest absolute Gasteiger partial charge is 0.740 e. The average molecular weight is 282 g/mol. The van der Waals surface area contributed by atoms with Crippen LogP contribution >= 0.6 is 0 Å². The van der Waals surface area contributed by atoms with E-state index in [1.54, 1.807) is 0 Å². The summed E-state index contributed by atoms with van der Waals surface area (Å²) in [6, 6.07) is 7.36. The zero-order chi connectivity index (χ0) is 13.8. The van der Waals surface area contributed by atoms with Gasteiger partial charge in [-0.05, 0) is 30.5 Å². The summed E-state index contributed by atoms with van der Waals surface area (Å²) in [5, 5.41) is 0. The maximum absolute atomic E-state index is 11.8. The summed E-state index contributed by atoms with van der Waals surface area (Å²) in [6.45, 7) is 3.41. The van der Waals surface area contributed by atoms with E-state index in [1.807, 2.05) is 36.1 Å². The van der Waals surface area contributed by atoms with Crippen LogP contribution in [0.4, 0.5) is 0 Å². The minimum Gasteiger partial charge on any atom is -0.740 e. The van der Waals surface area contributed by atoms with E-state index in [2.05, 4.69) is 4.18 Å². The van der Waals surface area contributed by atoms with Gasteiger partial charge in [0.25, 0.3) is 0 Å². The second-order valence-electron chi connectivity index (χ2n) is 4.57. The van der Waals surface area contributed by atoms with E-state index in [0.717, 1.165) is 18.5 Å². The van der Waals surface area contributed by atoms with E-state index < -0.39 is 23.4 Å². The van der Waals surface area contributed by atoms with Crippen LogP contribution in [0, 0.1) is 0 Å². The molecule has 6 heteroatoms. The highest BCUT2D eigenvalue weighted by Crippen LogP contribution is 2.24. The molecule has 0 fully saturated rings. The van der Waals surface area contributed by atoms with Gasteiger partial charge in [-0.15, -0.1) is 0 Å². The zero-order valence-corrected chi connectivity index (χ0v) is 11.5. The van der Waals surface area contributed by atoms with Gasteiger partial charge >= 0.3 is 5.97 Å².